The van der Waals surface area contributed by atoms with Gasteiger partial charge in [-0.15, -0.1) is 0 Å². The summed E-state index contributed by atoms with van der Waals surface area (Å²) in [6, 6.07) is 20.5. The topological polar surface area (TPSA) is 108 Å². The van der Waals surface area contributed by atoms with Gasteiger partial charge in [0.05, 0.1) is 22.3 Å². The molecule has 1 aliphatic rings. The summed E-state index contributed by atoms with van der Waals surface area (Å²) in [6.07, 6.45) is 1.90. The van der Waals surface area contributed by atoms with Crippen LogP contribution in [0.15, 0.2) is 83.4 Å². The van der Waals surface area contributed by atoms with E-state index in [9.17, 15) is 14.7 Å². The minimum absolute atomic E-state index is 0.101. The van der Waals surface area contributed by atoms with Gasteiger partial charge in [-0.3, -0.25) is 9.78 Å². The highest BCUT2D eigenvalue weighted by molar-refractivity contribution is 7.80. The van der Waals surface area contributed by atoms with Gasteiger partial charge in [-0.25, -0.2) is 4.79 Å². The zero-order valence-corrected chi connectivity index (χ0v) is 22.5. The van der Waals surface area contributed by atoms with Crippen molar-refractivity contribution in [3.8, 4) is 11.3 Å². The van der Waals surface area contributed by atoms with E-state index in [1.165, 1.54) is 18.2 Å². The summed E-state index contributed by atoms with van der Waals surface area (Å²) in [6.45, 7) is 2.28. The molecule has 0 radical (unpaired) electrons. The Balaban J connectivity index is 1.43. The van der Waals surface area contributed by atoms with Crippen LogP contribution in [0.5, 0.6) is 0 Å². The second-order valence-electron chi connectivity index (χ2n) is 9.13. The molecule has 0 saturated carbocycles. The van der Waals surface area contributed by atoms with Crippen LogP contribution in [-0.4, -0.2) is 38.5 Å². The number of carbonyl (C=O) groups is 2. The summed E-state index contributed by atoms with van der Waals surface area (Å²) in [5.74, 6) is -0.197. The average Bonchev–Trinajstić information content (AvgIpc) is 3.54. The van der Waals surface area contributed by atoms with Crippen molar-refractivity contribution in [2.45, 2.75) is 25.4 Å². The highest BCUT2D eigenvalue weighted by Gasteiger charge is 2.41. The average molecular weight is 561 g/mol. The quantitative estimate of drug-likeness (QED) is 0.225. The molecule has 1 aliphatic heterocycles. The van der Waals surface area contributed by atoms with Crippen molar-refractivity contribution in [2.24, 2.45) is 0 Å². The molecule has 8 nitrogen and oxygen atoms in total. The number of aromatic nitrogens is 1. The van der Waals surface area contributed by atoms with E-state index in [4.69, 9.17) is 28.2 Å². The molecule has 0 aliphatic carbocycles. The number of hydrogen-bond acceptors (Lipinski definition) is 5. The number of carboxylic acid groups (broad SMARTS) is 1. The number of nitrogens with one attached hydrogen (secondary N) is 2. The van der Waals surface area contributed by atoms with Crippen molar-refractivity contribution < 1.29 is 19.1 Å². The van der Waals surface area contributed by atoms with Crippen LogP contribution in [0.4, 0.5) is 5.69 Å². The summed E-state index contributed by atoms with van der Waals surface area (Å²) < 4.78 is 6.27. The number of thiocarbonyl (C=S) groups is 1. The van der Waals surface area contributed by atoms with E-state index >= 15 is 0 Å². The Kier molecular flexibility index (Phi) is 7.63. The van der Waals surface area contributed by atoms with E-state index in [0.717, 1.165) is 16.9 Å². The standard InChI is InChI=1S/C29H25ClN4O4S/c1-17-6-2-3-7-21(17)32-25(35)13-15-34-27(26(33-29(34)39)22-8-4-5-14-31-22)24-12-11-23(38-24)19-16-18(28(36)37)9-10-20(19)30/h2-12,14,16,26-27H,13,15H2,1H3,(H,32,35)(H,33,39)(H,36,37)/t26-,27+/m1/s1. The molecular weight excluding hydrogens is 536 g/mol. The first kappa shape index (κ1) is 26.4. The van der Waals surface area contributed by atoms with Gasteiger partial charge in [0.1, 0.15) is 17.6 Å². The number of carbonyl (C=O) groups excluding carboxylic acids is 1. The monoisotopic (exact) mass is 560 g/mol. The second kappa shape index (κ2) is 11.3. The van der Waals surface area contributed by atoms with Crippen LogP contribution in [0, 0.1) is 6.92 Å². The van der Waals surface area contributed by atoms with Crippen molar-refractivity contribution in [1.82, 2.24) is 15.2 Å². The van der Waals surface area contributed by atoms with E-state index < -0.39 is 12.0 Å². The first-order valence-electron chi connectivity index (χ1n) is 12.3. The number of nitrogens with zero attached hydrogens (tertiary/aromatic N) is 2. The number of carboxylic acids is 1. The van der Waals surface area contributed by atoms with Crippen LogP contribution < -0.4 is 10.6 Å². The van der Waals surface area contributed by atoms with E-state index in [1.54, 1.807) is 12.3 Å². The normalized spacial score (nSPS) is 16.7. The number of aromatic carboxylic acids is 1. The molecule has 198 valence electrons. The first-order chi connectivity index (χ1) is 18.8. The molecule has 1 saturated heterocycles. The molecule has 2 atom stereocenters. The summed E-state index contributed by atoms with van der Waals surface area (Å²) >= 11 is 12.1. The number of para-hydroxylation sites is 1. The van der Waals surface area contributed by atoms with Gasteiger partial charge in [0.25, 0.3) is 0 Å². The lowest BCUT2D eigenvalue weighted by Crippen LogP contribution is -2.32. The number of aryl methyl sites for hydroxylation is 1. The Labute approximate surface area is 235 Å². The smallest absolute Gasteiger partial charge is 0.335 e. The van der Waals surface area contributed by atoms with Crippen LogP contribution >= 0.6 is 23.8 Å². The first-order valence-corrected chi connectivity index (χ1v) is 13.1. The number of anilines is 1. The predicted octanol–water partition coefficient (Wildman–Crippen LogP) is 6.00. The molecule has 0 spiro atoms. The molecule has 1 fully saturated rings. The van der Waals surface area contributed by atoms with Gasteiger partial charge in [-0.1, -0.05) is 35.9 Å². The number of amides is 1. The second-order valence-corrected chi connectivity index (χ2v) is 9.93. The highest BCUT2D eigenvalue weighted by Crippen LogP contribution is 2.41. The molecular formula is C29H25ClN4O4S. The number of halogens is 1. The number of furan rings is 1. The van der Waals surface area contributed by atoms with Crippen LogP contribution in [0.2, 0.25) is 5.02 Å². The van der Waals surface area contributed by atoms with Crippen molar-refractivity contribution in [1.29, 1.82) is 0 Å². The molecule has 4 aromatic rings. The van der Waals surface area contributed by atoms with Gasteiger partial charge in [-0.05, 0) is 73.2 Å². The molecule has 2 aromatic heterocycles. The molecule has 0 unspecified atom stereocenters. The van der Waals surface area contributed by atoms with Crippen molar-refractivity contribution in [2.75, 3.05) is 11.9 Å². The third-order valence-electron chi connectivity index (χ3n) is 6.59. The maximum atomic E-state index is 12.8. The van der Waals surface area contributed by atoms with E-state index in [0.29, 0.717) is 33.8 Å². The van der Waals surface area contributed by atoms with Crippen LogP contribution in [-0.2, 0) is 4.79 Å². The Hall–Kier alpha value is -4.21. The molecule has 39 heavy (non-hydrogen) atoms. The van der Waals surface area contributed by atoms with Crippen LogP contribution in [0.1, 0.15) is 45.9 Å². The van der Waals surface area contributed by atoms with E-state index in [-0.39, 0.29) is 23.9 Å². The molecule has 2 aromatic carbocycles. The van der Waals surface area contributed by atoms with Crippen molar-refractivity contribution >= 4 is 46.5 Å². The largest absolute Gasteiger partial charge is 0.478 e. The SMILES string of the molecule is Cc1ccccc1NC(=O)CCN1C(=S)N[C@H](c2ccccn2)[C@@H]1c1ccc(-c2cc(C(=O)O)ccc2Cl)o1. The fourth-order valence-corrected chi connectivity index (χ4v) is 5.15. The third-order valence-corrected chi connectivity index (χ3v) is 7.28. The maximum Gasteiger partial charge on any atom is 0.335 e. The summed E-state index contributed by atoms with van der Waals surface area (Å²) in [5, 5.41) is 16.6. The predicted molar refractivity (Wildman–Crippen MR) is 153 cm³/mol. The van der Waals surface area contributed by atoms with E-state index in [2.05, 4.69) is 15.6 Å². The highest BCUT2D eigenvalue weighted by atomic mass is 35.5. The lowest BCUT2D eigenvalue weighted by atomic mass is 10.0. The molecule has 0 bridgehead atoms. The molecule has 1 amide bonds. The minimum Gasteiger partial charge on any atom is -0.478 e. The Morgan fingerprint density at radius 2 is 1.92 bits per heavy atom. The fraction of sp³-hybridized carbons (Fsp3) is 0.172. The summed E-state index contributed by atoms with van der Waals surface area (Å²) in [5.41, 5.74) is 3.08. The molecule has 5 rings (SSSR count). The minimum atomic E-state index is -1.06. The Bertz CT molecular complexity index is 1540. The summed E-state index contributed by atoms with van der Waals surface area (Å²) in [7, 11) is 0. The number of rotatable bonds is 8. The molecule has 3 heterocycles. The Morgan fingerprint density at radius 3 is 2.67 bits per heavy atom. The van der Waals surface area contributed by atoms with Gasteiger partial charge in [-0.2, -0.15) is 0 Å². The Morgan fingerprint density at radius 1 is 1.13 bits per heavy atom. The van der Waals surface area contributed by atoms with Gasteiger partial charge in [0.2, 0.25) is 5.91 Å². The number of hydrogen-bond donors (Lipinski definition) is 3. The fourth-order valence-electron chi connectivity index (χ4n) is 4.61. The zero-order valence-electron chi connectivity index (χ0n) is 20.9. The summed E-state index contributed by atoms with van der Waals surface area (Å²) in [4.78, 5) is 30.8. The van der Waals surface area contributed by atoms with Crippen LogP contribution in [0.3, 0.4) is 0 Å². The number of benzene rings is 2. The molecule has 10 heteroatoms. The zero-order chi connectivity index (χ0) is 27.5. The van der Waals surface area contributed by atoms with E-state index in [1.807, 2.05) is 60.4 Å². The van der Waals surface area contributed by atoms with Crippen molar-refractivity contribution in [3.05, 3.63) is 107 Å². The molecule has 3 N–H and O–H groups in total. The number of pyridine rings is 1. The van der Waals surface area contributed by atoms with Gasteiger partial charge in [0, 0.05) is 30.4 Å². The van der Waals surface area contributed by atoms with Crippen LogP contribution in [0.25, 0.3) is 11.3 Å². The van der Waals surface area contributed by atoms with Gasteiger partial charge < -0.3 is 25.1 Å². The van der Waals surface area contributed by atoms with Gasteiger partial charge in [0.15, 0.2) is 5.11 Å². The maximum absolute atomic E-state index is 12.8. The van der Waals surface area contributed by atoms with Crippen molar-refractivity contribution in [3.63, 3.8) is 0 Å². The van der Waals surface area contributed by atoms with Gasteiger partial charge >= 0.3 is 5.97 Å². The lowest BCUT2D eigenvalue weighted by molar-refractivity contribution is -0.116. The third kappa shape index (κ3) is 5.64. The lowest BCUT2D eigenvalue weighted by Gasteiger charge is -2.26.